The number of hydrogen-bond donors (Lipinski definition) is 0. The Balaban J connectivity index is 1.43. The number of thioether (sulfide) groups is 1. The van der Waals surface area contributed by atoms with Crippen molar-refractivity contribution in [3.63, 3.8) is 0 Å². The molecule has 0 atom stereocenters. The summed E-state index contributed by atoms with van der Waals surface area (Å²) in [6.07, 6.45) is 11.0. The smallest absolute Gasteiger partial charge is 0.336 e. The maximum atomic E-state index is 12.6. The van der Waals surface area contributed by atoms with Gasteiger partial charge in [-0.1, -0.05) is 31.4 Å². The third kappa shape index (κ3) is 15.0. The fourth-order valence-corrected chi connectivity index (χ4v) is 4.90. The third-order valence-electron chi connectivity index (χ3n) is 6.87. The molecule has 0 saturated heterocycles. The standard InChI is InChI=1S/C40H42O11S/c1-5-37(41)49-25-9-7-23-47-33-19-11-29(27-35(33)45-3)13-21-39(43)51-31-15-17-32(18-16-31)52-40(44)22-14-30-12-20-34(36(28-30)46-4)48-24-8-10-26-50-38(42)6-2/h5-6,11-22,27-28H,1-2,7-10,23-26H2,3-4H3/b21-13+,22-14+. The molecule has 0 amide bonds. The molecular formula is C40H42O11S. The Morgan fingerprint density at radius 3 is 1.56 bits per heavy atom. The van der Waals surface area contributed by atoms with Crippen LogP contribution in [0.25, 0.3) is 12.2 Å². The summed E-state index contributed by atoms with van der Waals surface area (Å²) in [6.45, 7) is 8.13. The average Bonchev–Trinajstić information content (AvgIpc) is 3.16. The van der Waals surface area contributed by atoms with Crippen molar-refractivity contribution in [2.75, 3.05) is 40.6 Å². The summed E-state index contributed by atoms with van der Waals surface area (Å²) in [5, 5.41) is -0.192. The number of rotatable bonds is 22. The maximum absolute atomic E-state index is 12.6. The van der Waals surface area contributed by atoms with Crippen molar-refractivity contribution >= 4 is 46.9 Å². The number of ether oxygens (including phenoxy) is 7. The molecule has 3 rings (SSSR count). The molecule has 12 heteroatoms. The second kappa shape index (κ2) is 22.9. The number of unbranched alkanes of at least 4 members (excludes halogenated alkanes) is 2. The van der Waals surface area contributed by atoms with Crippen molar-refractivity contribution in [1.29, 1.82) is 0 Å². The van der Waals surface area contributed by atoms with Gasteiger partial charge in [0.2, 0.25) is 5.12 Å². The molecule has 0 bridgehead atoms. The minimum Gasteiger partial charge on any atom is -0.493 e. The van der Waals surface area contributed by atoms with Crippen molar-refractivity contribution in [2.24, 2.45) is 0 Å². The van der Waals surface area contributed by atoms with Crippen molar-refractivity contribution in [3.05, 3.63) is 109 Å². The SMILES string of the molecule is C=CC(=O)OCCCCOc1ccc(/C=C/C(=O)Oc2ccc(SC(=O)/C=C/c3ccc(OCCCCOC(=O)C=C)c(OC)c3)cc2)cc1OC. The molecule has 0 radical (unpaired) electrons. The molecule has 3 aromatic rings. The Labute approximate surface area is 307 Å². The van der Waals surface area contributed by atoms with Gasteiger partial charge in [0.1, 0.15) is 5.75 Å². The van der Waals surface area contributed by atoms with E-state index in [2.05, 4.69) is 13.2 Å². The zero-order valence-corrected chi connectivity index (χ0v) is 30.0. The molecule has 0 N–H and O–H groups in total. The normalized spacial score (nSPS) is 10.7. The molecule has 11 nitrogen and oxygen atoms in total. The van der Waals surface area contributed by atoms with Crippen LogP contribution in [0, 0.1) is 0 Å². The summed E-state index contributed by atoms with van der Waals surface area (Å²) >= 11 is 1.03. The lowest BCUT2D eigenvalue weighted by Crippen LogP contribution is -2.05. The second-order valence-electron chi connectivity index (χ2n) is 10.7. The summed E-state index contributed by atoms with van der Waals surface area (Å²) in [5.41, 5.74) is 1.46. The molecule has 0 aliphatic rings. The number of carbonyl (C=O) groups excluding carboxylic acids is 4. The van der Waals surface area contributed by atoms with Gasteiger partial charge in [-0.3, -0.25) is 4.79 Å². The van der Waals surface area contributed by atoms with Gasteiger partial charge in [-0.05, 0) is 109 Å². The van der Waals surface area contributed by atoms with Gasteiger partial charge in [-0.25, -0.2) is 14.4 Å². The Kier molecular flexibility index (Phi) is 17.9. The second-order valence-corrected chi connectivity index (χ2v) is 11.7. The number of methoxy groups -OCH3 is 2. The van der Waals surface area contributed by atoms with Gasteiger partial charge in [-0.15, -0.1) is 0 Å². The van der Waals surface area contributed by atoms with Gasteiger partial charge in [0.25, 0.3) is 0 Å². The monoisotopic (exact) mass is 730 g/mol. The van der Waals surface area contributed by atoms with Crippen LogP contribution in [0.5, 0.6) is 28.7 Å². The molecule has 52 heavy (non-hydrogen) atoms. The lowest BCUT2D eigenvalue weighted by atomic mass is 10.2. The summed E-state index contributed by atoms with van der Waals surface area (Å²) in [6, 6.07) is 17.2. The van der Waals surface area contributed by atoms with Gasteiger partial charge in [0.15, 0.2) is 23.0 Å². The van der Waals surface area contributed by atoms with E-state index in [4.69, 9.17) is 33.2 Å². The minimum atomic E-state index is -0.575. The lowest BCUT2D eigenvalue weighted by molar-refractivity contribution is -0.138. The Bertz CT molecular complexity index is 1600. The van der Waals surface area contributed by atoms with Gasteiger partial charge in [0, 0.05) is 23.1 Å². The zero-order valence-electron chi connectivity index (χ0n) is 29.2. The van der Waals surface area contributed by atoms with E-state index in [0.29, 0.717) is 91.3 Å². The predicted octanol–water partition coefficient (Wildman–Crippen LogP) is 7.43. The van der Waals surface area contributed by atoms with Crippen LogP contribution < -0.4 is 23.7 Å². The Hall–Kier alpha value is -5.75. The van der Waals surface area contributed by atoms with E-state index in [0.717, 1.165) is 29.5 Å². The molecule has 3 aromatic carbocycles. The number of carbonyl (C=O) groups is 4. The van der Waals surface area contributed by atoms with Gasteiger partial charge in [-0.2, -0.15) is 0 Å². The first-order chi connectivity index (χ1) is 25.2. The van der Waals surface area contributed by atoms with Crippen LogP contribution in [0.3, 0.4) is 0 Å². The van der Waals surface area contributed by atoms with E-state index < -0.39 is 17.9 Å². The molecule has 0 heterocycles. The molecule has 0 spiro atoms. The first kappa shape index (κ1) is 40.7. The van der Waals surface area contributed by atoms with E-state index in [1.807, 2.05) is 6.07 Å². The number of esters is 3. The number of hydrogen-bond acceptors (Lipinski definition) is 12. The summed E-state index contributed by atoms with van der Waals surface area (Å²) in [7, 11) is 3.06. The lowest BCUT2D eigenvalue weighted by Gasteiger charge is -2.11. The van der Waals surface area contributed by atoms with Crippen molar-refractivity contribution in [1.82, 2.24) is 0 Å². The predicted molar refractivity (Wildman–Crippen MR) is 199 cm³/mol. The highest BCUT2D eigenvalue weighted by Gasteiger charge is 2.09. The highest BCUT2D eigenvalue weighted by Crippen LogP contribution is 2.30. The third-order valence-corrected chi connectivity index (χ3v) is 7.72. The minimum absolute atomic E-state index is 0.192. The molecular weight excluding hydrogens is 688 g/mol. The van der Waals surface area contributed by atoms with Crippen LogP contribution in [-0.2, 0) is 28.7 Å². The van der Waals surface area contributed by atoms with Crippen LogP contribution >= 0.6 is 11.8 Å². The van der Waals surface area contributed by atoms with Crippen LogP contribution in [0.1, 0.15) is 36.8 Å². The van der Waals surface area contributed by atoms with Crippen molar-refractivity contribution in [2.45, 2.75) is 30.6 Å². The highest BCUT2D eigenvalue weighted by molar-refractivity contribution is 8.14. The Morgan fingerprint density at radius 2 is 1.08 bits per heavy atom. The van der Waals surface area contributed by atoms with Crippen LogP contribution in [-0.4, -0.2) is 63.7 Å². The molecule has 0 aliphatic carbocycles. The van der Waals surface area contributed by atoms with Gasteiger partial charge in [0.05, 0.1) is 40.6 Å². The Morgan fingerprint density at radius 1 is 0.596 bits per heavy atom. The average molecular weight is 731 g/mol. The van der Waals surface area contributed by atoms with Crippen molar-refractivity contribution in [3.8, 4) is 28.7 Å². The molecule has 0 aromatic heterocycles. The van der Waals surface area contributed by atoms with Crippen LogP contribution in [0.4, 0.5) is 0 Å². The van der Waals surface area contributed by atoms with Crippen LogP contribution in [0.2, 0.25) is 0 Å². The summed E-state index contributed by atoms with van der Waals surface area (Å²) in [5.74, 6) is 0.994. The fraction of sp³-hybridized carbons (Fsp3) is 0.250. The largest absolute Gasteiger partial charge is 0.493 e. The summed E-state index contributed by atoms with van der Waals surface area (Å²) in [4.78, 5) is 47.9. The van der Waals surface area contributed by atoms with Gasteiger partial charge < -0.3 is 33.2 Å². The molecule has 274 valence electrons. The quantitative estimate of drug-likeness (QED) is 0.0335. The van der Waals surface area contributed by atoms with E-state index in [-0.39, 0.29) is 5.12 Å². The maximum Gasteiger partial charge on any atom is 0.336 e. The van der Waals surface area contributed by atoms with Crippen LogP contribution in [0.15, 0.2) is 103 Å². The zero-order chi connectivity index (χ0) is 37.6. The molecule has 0 aliphatic heterocycles. The summed E-state index contributed by atoms with van der Waals surface area (Å²) < 4.78 is 37.7. The van der Waals surface area contributed by atoms with Crippen molar-refractivity contribution < 1.29 is 52.3 Å². The topological polar surface area (TPSA) is 133 Å². The van der Waals surface area contributed by atoms with E-state index in [9.17, 15) is 19.2 Å². The fourth-order valence-electron chi connectivity index (χ4n) is 4.25. The van der Waals surface area contributed by atoms with E-state index in [1.165, 1.54) is 26.4 Å². The number of benzene rings is 3. The van der Waals surface area contributed by atoms with Gasteiger partial charge >= 0.3 is 17.9 Å². The molecule has 0 saturated carbocycles. The van der Waals surface area contributed by atoms with E-state index in [1.54, 1.807) is 66.7 Å². The van der Waals surface area contributed by atoms with E-state index >= 15 is 0 Å². The molecule has 0 unspecified atom stereocenters. The first-order valence-corrected chi connectivity index (χ1v) is 17.2. The molecule has 0 fully saturated rings. The highest BCUT2D eigenvalue weighted by atomic mass is 32.2. The first-order valence-electron chi connectivity index (χ1n) is 16.3.